The highest BCUT2D eigenvalue weighted by atomic mass is 16.5. The van der Waals surface area contributed by atoms with Crippen molar-refractivity contribution in [1.82, 2.24) is 0 Å². The number of allylic oxidation sites excluding steroid dienone is 1. The molecule has 1 aliphatic heterocycles. The monoisotopic (exact) mass is 272 g/mol. The SMILES string of the molecule is CCC/C(C(=O)c1ccccc1)=C(/C)C1CCCOC1. The molecular formula is C18H24O2. The van der Waals surface area contributed by atoms with E-state index in [-0.39, 0.29) is 5.78 Å². The van der Waals surface area contributed by atoms with Gasteiger partial charge in [-0.15, -0.1) is 0 Å². The smallest absolute Gasteiger partial charge is 0.188 e. The van der Waals surface area contributed by atoms with Crippen LogP contribution in [0.1, 0.15) is 49.9 Å². The van der Waals surface area contributed by atoms with Crippen molar-refractivity contribution >= 4 is 5.78 Å². The maximum absolute atomic E-state index is 12.7. The Balaban J connectivity index is 2.27. The third-order valence-corrected chi connectivity index (χ3v) is 4.06. The Hall–Kier alpha value is -1.41. The summed E-state index contributed by atoms with van der Waals surface area (Å²) >= 11 is 0. The van der Waals surface area contributed by atoms with E-state index in [1.54, 1.807) is 0 Å². The van der Waals surface area contributed by atoms with Crippen LogP contribution in [-0.2, 0) is 4.74 Å². The van der Waals surface area contributed by atoms with Gasteiger partial charge < -0.3 is 4.74 Å². The van der Waals surface area contributed by atoms with Crippen molar-refractivity contribution in [1.29, 1.82) is 0 Å². The van der Waals surface area contributed by atoms with Gasteiger partial charge in [0.15, 0.2) is 5.78 Å². The first-order chi connectivity index (χ1) is 9.74. The first kappa shape index (κ1) is 15.0. The lowest BCUT2D eigenvalue weighted by Gasteiger charge is -2.25. The zero-order valence-electron chi connectivity index (χ0n) is 12.5. The van der Waals surface area contributed by atoms with Crippen LogP contribution in [0, 0.1) is 5.92 Å². The molecule has 1 aromatic rings. The second-order valence-corrected chi connectivity index (χ2v) is 5.52. The van der Waals surface area contributed by atoms with Gasteiger partial charge in [-0.1, -0.05) is 49.2 Å². The molecule has 0 aromatic heterocycles. The van der Waals surface area contributed by atoms with E-state index in [0.29, 0.717) is 5.92 Å². The summed E-state index contributed by atoms with van der Waals surface area (Å²) in [5, 5.41) is 0. The molecule has 1 heterocycles. The number of hydrogen-bond donors (Lipinski definition) is 0. The van der Waals surface area contributed by atoms with Crippen LogP contribution in [0.15, 0.2) is 41.5 Å². The Morgan fingerprint density at radius 2 is 2.05 bits per heavy atom. The van der Waals surface area contributed by atoms with Crippen LogP contribution in [0.3, 0.4) is 0 Å². The van der Waals surface area contributed by atoms with Crippen LogP contribution in [-0.4, -0.2) is 19.0 Å². The molecule has 0 amide bonds. The average molecular weight is 272 g/mol. The van der Waals surface area contributed by atoms with E-state index in [0.717, 1.165) is 50.0 Å². The van der Waals surface area contributed by atoms with Crippen molar-refractivity contribution in [2.75, 3.05) is 13.2 Å². The lowest BCUT2D eigenvalue weighted by atomic mass is 9.86. The second-order valence-electron chi connectivity index (χ2n) is 5.52. The number of ketones is 1. The topological polar surface area (TPSA) is 26.3 Å². The molecule has 1 atom stereocenters. The fourth-order valence-electron chi connectivity index (χ4n) is 2.83. The van der Waals surface area contributed by atoms with Gasteiger partial charge in [-0.2, -0.15) is 0 Å². The van der Waals surface area contributed by atoms with Crippen molar-refractivity contribution in [3.05, 3.63) is 47.0 Å². The quantitative estimate of drug-likeness (QED) is 0.586. The van der Waals surface area contributed by atoms with Crippen LogP contribution in [0.5, 0.6) is 0 Å². The molecule has 1 unspecified atom stereocenters. The fraction of sp³-hybridized carbons (Fsp3) is 0.500. The van der Waals surface area contributed by atoms with Gasteiger partial charge in [0.1, 0.15) is 0 Å². The fourth-order valence-corrected chi connectivity index (χ4v) is 2.83. The summed E-state index contributed by atoms with van der Waals surface area (Å²) in [6, 6.07) is 9.61. The third-order valence-electron chi connectivity index (χ3n) is 4.06. The number of Topliss-reactive ketones (excluding diaryl/α,β-unsaturated/α-hetero) is 1. The van der Waals surface area contributed by atoms with Crippen LogP contribution in [0.2, 0.25) is 0 Å². The highest BCUT2D eigenvalue weighted by Gasteiger charge is 2.22. The Labute approximate surface area is 121 Å². The van der Waals surface area contributed by atoms with Crippen molar-refractivity contribution < 1.29 is 9.53 Å². The maximum Gasteiger partial charge on any atom is 0.188 e. The number of carbonyl (C=O) groups excluding carboxylic acids is 1. The van der Waals surface area contributed by atoms with Crippen molar-refractivity contribution in [2.45, 2.75) is 39.5 Å². The minimum absolute atomic E-state index is 0.190. The molecule has 1 saturated heterocycles. The predicted molar refractivity (Wildman–Crippen MR) is 81.9 cm³/mol. The van der Waals surface area contributed by atoms with Crippen LogP contribution in [0.25, 0.3) is 0 Å². The molecule has 0 spiro atoms. The molecule has 2 heteroatoms. The largest absolute Gasteiger partial charge is 0.381 e. The normalized spacial score (nSPS) is 20.4. The zero-order chi connectivity index (χ0) is 14.4. The van der Waals surface area contributed by atoms with E-state index in [4.69, 9.17) is 4.74 Å². The summed E-state index contributed by atoms with van der Waals surface area (Å²) in [7, 11) is 0. The molecule has 0 bridgehead atoms. The predicted octanol–water partition coefficient (Wildman–Crippen LogP) is 4.41. The van der Waals surface area contributed by atoms with Gasteiger partial charge in [-0.25, -0.2) is 0 Å². The molecule has 1 fully saturated rings. The van der Waals surface area contributed by atoms with E-state index >= 15 is 0 Å². The summed E-state index contributed by atoms with van der Waals surface area (Å²) < 4.78 is 5.57. The van der Waals surface area contributed by atoms with Gasteiger partial charge in [-0.05, 0) is 31.8 Å². The van der Waals surface area contributed by atoms with Gasteiger partial charge in [0.2, 0.25) is 0 Å². The highest BCUT2D eigenvalue weighted by molar-refractivity contribution is 6.09. The summed E-state index contributed by atoms with van der Waals surface area (Å²) in [6.07, 6.45) is 4.09. The molecule has 1 aliphatic rings. The number of rotatable bonds is 5. The van der Waals surface area contributed by atoms with Gasteiger partial charge in [0.05, 0.1) is 6.61 Å². The highest BCUT2D eigenvalue weighted by Crippen LogP contribution is 2.28. The van der Waals surface area contributed by atoms with Crippen LogP contribution < -0.4 is 0 Å². The van der Waals surface area contributed by atoms with Crippen LogP contribution in [0.4, 0.5) is 0 Å². The summed E-state index contributed by atoms with van der Waals surface area (Å²) in [5.74, 6) is 0.605. The molecule has 2 nitrogen and oxygen atoms in total. The molecular weight excluding hydrogens is 248 g/mol. The van der Waals surface area contributed by atoms with Gasteiger partial charge >= 0.3 is 0 Å². The Morgan fingerprint density at radius 1 is 1.30 bits per heavy atom. The molecule has 0 aliphatic carbocycles. The third kappa shape index (κ3) is 3.57. The van der Waals surface area contributed by atoms with Gasteiger partial charge in [-0.3, -0.25) is 4.79 Å². The minimum Gasteiger partial charge on any atom is -0.381 e. The number of carbonyl (C=O) groups is 1. The molecule has 0 N–H and O–H groups in total. The van der Waals surface area contributed by atoms with Gasteiger partial charge in [0.25, 0.3) is 0 Å². The van der Waals surface area contributed by atoms with Gasteiger partial charge in [0, 0.05) is 18.1 Å². The van der Waals surface area contributed by atoms with E-state index < -0.39 is 0 Å². The van der Waals surface area contributed by atoms with Crippen molar-refractivity contribution in [3.63, 3.8) is 0 Å². The molecule has 1 aromatic carbocycles. The first-order valence-corrected chi connectivity index (χ1v) is 7.61. The van der Waals surface area contributed by atoms with E-state index in [9.17, 15) is 4.79 Å². The molecule has 0 saturated carbocycles. The lowest BCUT2D eigenvalue weighted by molar-refractivity contribution is 0.0666. The van der Waals surface area contributed by atoms with E-state index in [2.05, 4.69) is 13.8 Å². The zero-order valence-corrected chi connectivity index (χ0v) is 12.5. The Bertz CT molecular complexity index is 467. The minimum atomic E-state index is 0.190. The number of hydrogen-bond acceptors (Lipinski definition) is 2. The van der Waals surface area contributed by atoms with Crippen molar-refractivity contribution in [3.8, 4) is 0 Å². The summed E-state index contributed by atoms with van der Waals surface area (Å²) in [5.41, 5.74) is 3.03. The van der Waals surface area contributed by atoms with E-state index in [1.807, 2.05) is 30.3 Å². The summed E-state index contributed by atoms with van der Waals surface area (Å²) in [6.45, 7) is 5.87. The molecule has 2 rings (SSSR count). The Kier molecular flexibility index (Phi) is 5.54. The number of benzene rings is 1. The lowest BCUT2D eigenvalue weighted by Crippen LogP contribution is -2.21. The Morgan fingerprint density at radius 3 is 2.65 bits per heavy atom. The molecule has 0 radical (unpaired) electrons. The van der Waals surface area contributed by atoms with Crippen LogP contribution >= 0.6 is 0 Å². The van der Waals surface area contributed by atoms with E-state index in [1.165, 1.54) is 5.57 Å². The maximum atomic E-state index is 12.7. The second kappa shape index (κ2) is 7.39. The summed E-state index contributed by atoms with van der Waals surface area (Å²) in [4.78, 5) is 12.7. The molecule has 20 heavy (non-hydrogen) atoms. The van der Waals surface area contributed by atoms with Crippen molar-refractivity contribution in [2.24, 2.45) is 5.92 Å². The molecule has 108 valence electrons. The average Bonchev–Trinajstić information content (AvgIpc) is 2.53. The number of ether oxygens (including phenoxy) is 1. The first-order valence-electron chi connectivity index (χ1n) is 7.61. The standard InChI is InChI=1S/C18H24O2/c1-3-8-17(14(2)16-11-7-12-20-13-16)18(19)15-9-5-4-6-10-15/h4-6,9-10,16H,3,7-8,11-13H2,1-2H3/b17-14+.